The van der Waals surface area contributed by atoms with E-state index in [-0.39, 0.29) is 11.9 Å². The van der Waals surface area contributed by atoms with Gasteiger partial charge in [0.15, 0.2) is 0 Å². The molecule has 1 unspecified atom stereocenters. The number of benzene rings is 2. The molecule has 1 aliphatic rings. The fraction of sp³-hybridized carbons (Fsp3) is 0.360. The number of halogens is 1. The molecule has 4 rings (SSSR count). The maximum Gasteiger partial charge on any atom is 0.254 e. The largest absolute Gasteiger partial charge is 0.497 e. The molecule has 0 spiro atoms. The van der Waals surface area contributed by atoms with Crippen molar-refractivity contribution in [1.29, 1.82) is 0 Å². The number of methoxy groups -OCH3 is 1. The highest BCUT2D eigenvalue weighted by Crippen LogP contribution is 2.42. The summed E-state index contributed by atoms with van der Waals surface area (Å²) >= 11 is 6.34. The zero-order valence-electron chi connectivity index (χ0n) is 18.9. The van der Waals surface area contributed by atoms with E-state index < -0.39 is 0 Å². The summed E-state index contributed by atoms with van der Waals surface area (Å²) in [6.07, 6.45) is 3.81. The minimum absolute atomic E-state index is 0.0418. The van der Waals surface area contributed by atoms with E-state index in [9.17, 15) is 4.79 Å². The lowest BCUT2D eigenvalue weighted by Crippen LogP contribution is -2.34. The number of hydrogen-bond donors (Lipinski definition) is 1. The molecule has 1 heterocycles. The fourth-order valence-corrected chi connectivity index (χ4v) is 4.09. The van der Waals surface area contributed by atoms with E-state index in [1.807, 2.05) is 68.2 Å². The molecule has 1 aromatic heterocycles. The van der Waals surface area contributed by atoms with Crippen LogP contribution in [0.2, 0.25) is 5.02 Å². The highest BCUT2D eigenvalue weighted by atomic mass is 35.5. The number of carbonyl (C=O) groups is 1. The van der Waals surface area contributed by atoms with E-state index in [0.717, 1.165) is 41.1 Å². The summed E-state index contributed by atoms with van der Waals surface area (Å²) in [7, 11) is 5.67. The summed E-state index contributed by atoms with van der Waals surface area (Å²) in [5.41, 5.74) is 4.61. The van der Waals surface area contributed by atoms with E-state index in [0.29, 0.717) is 23.0 Å². The van der Waals surface area contributed by atoms with Gasteiger partial charge in [0.1, 0.15) is 5.75 Å². The van der Waals surface area contributed by atoms with Crippen molar-refractivity contribution < 1.29 is 9.53 Å². The molecule has 1 amide bonds. The summed E-state index contributed by atoms with van der Waals surface area (Å²) in [6.45, 7) is 2.46. The second-order valence-electron chi connectivity index (χ2n) is 8.53. The quantitative estimate of drug-likeness (QED) is 0.535. The van der Waals surface area contributed by atoms with Gasteiger partial charge in [0.05, 0.1) is 36.3 Å². The van der Waals surface area contributed by atoms with Crippen LogP contribution >= 0.6 is 11.6 Å². The van der Waals surface area contributed by atoms with Gasteiger partial charge in [0.2, 0.25) is 0 Å². The van der Waals surface area contributed by atoms with Crippen molar-refractivity contribution in [3.8, 4) is 11.4 Å². The third kappa shape index (κ3) is 4.66. The Morgan fingerprint density at radius 3 is 2.56 bits per heavy atom. The minimum atomic E-state index is -0.100. The Balaban J connectivity index is 1.55. The molecule has 1 N–H and O–H groups in total. The SMILES string of the molecule is COc1ccc(C(CNC(=O)c2cnn(-c3ccc(C)c(Cl)c3)c2C2CC2)N(C)C)cc1. The van der Waals surface area contributed by atoms with Gasteiger partial charge in [0, 0.05) is 17.5 Å². The van der Waals surface area contributed by atoms with Crippen LogP contribution in [0.25, 0.3) is 5.69 Å². The van der Waals surface area contributed by atoms with Gasteiger partial charge < -0.3 is 15.0 Å². The smallest absolute Gasteiger partial charge is 0.254 e. The number of nitrogens with zero attached hydrogens (tertiary/aromatic N) is 3. The number of carbonyl (C=O) groups excluding carboxylic acids is 1. The third-order valence-electron chi connectivity index (χ3n) is 5.99. The van der Waals surface area contributed by atoms with Gasteiger partial charge in [-0.1, -0.05) is 29.8 Å². The molecule has 0 aliphatic heterocycles. The van der Waals surface area contributed by atoms with Gasteiger partial charge in [0.25, 0.3) is 5.91 Å². The number of rotatable bonds is 8. The minimum Gasteiger partial charge on any atom is -0.497 e. The van der Waals surface area contributed by atoms with Crippen LogP contribution < -0.4 is 10.1 Å². The van der Waals surface area contributed by atoms with Gasteiger partial charge in [-0.05, 0) is 69.3 Å². The van der Waals surface area contributed by atoms with E-state index in [1.54, 1.807) is 13.3 Å². The van der Waals surface area contributed by atoms with Crippen molar-refractivity contribution in [2.75, 3.05) is 27.7 Å². The molecular formula is C25H29ClN4O2. The van der Waals surface area contributed by atoms with Crippen LogP contribution in [0.15, 0.2) is 48.7 Å². The number of ether oxygens (including phenoxy) is 1. The highest BCUT2D eigenvalue weighted by molar-refractivity contribution is 6.31. The first-order valence-corrected chi connectivity index (χ1v) is 11.2. The molecule has 1 atom stereocenters. The number of amides is 1. The molecule has 3 aromatic rings. The summed E-state index contributed by atoms with van der Waals surface area (Å²) in [4.78, 5) is 15.3. The topological polar surface area (TPSA) is 59.4 Å². The lowest BCUT2D eigenvalue weighted by Gasteiger charge is -2.25. The Labute approximate surface area is 194 Å². The van der Waals surface area contributed by atoms with E-state index in [2.05, 4.69) is 15.3 Å². The standard InChI is InChI=1S/C25H29ClN4O2/c1-16-5-10-19(13-22(16)26)30-24(18-6-7-18)21(14-28-30)25(31)27-15-23(29(2)3)17-8-11-20(32-4)12-9-17/h5,8-14,18,23H,6-7,15H2,1-4H3,(H,27,31). The number of nitrogens with one attached hydrogen (secondary N) is 1. The fourth-order valence-electron chi connectivity index (χ4n) is 3.91. The van der Waals surface area contributed by atoms with E-state index >= 15 is 0 Å². The van der Waals surface area contributed by atoms with Crippen LogP contribution in [0.3, 0.4) is 0 Å². The molecule has 32 heavy (non-hydrogen) atoms. The Kier molecular flexibility index (Phi) is 6.53. The molecule has 1 aliphatic carbocycles. The van der Waals surface area contributed by atoms with Crippen molar-refractivity contribution in [3.05, 3.63) is 76.1 Å². The summed E-state index contributed by atoms with van der Waals surface area (Å²) < 4.78 is 7.12. The Bertz CT molecular complexity index is 1100. The predicted molar refractivity (Wildman–Crippen MR) is 127 cm³/mol. The second-order valence-corrected chi connectivity index (χ2v) is 8.93. The molecule has 7 heteroatoms. The molecule has 2 aromatic carbocycles. The van der Waals surface area contributed by atoms with E-state index in [4.69, 9.17) is 16.3 Å². The summed E-state index contributed by atoms with van der Waals surface area (Å²) in [6, 6.07) is 13.9. The second kappa shape index (κ2) is 9.35. The lowest BCUT2D eigenvalue weighted by molar-refractivity contribution is 0.0941. The Morgan fingerprint density at radius 1 is 1.25 bits per heavy atom. The van der Waals surface area contributed by atoms with Gasteiger partial charge in [-0.15, -0.1) is 0 Å². The predicted octanol–water partition coefficient (Wildman–Crippen LogP) is 4.75. The van der Waals surface area contributed by atoms with Gasteiger partial charge in [-0.2, -0.15) is 5.10 Å². The van der Waals surface area contributed by atoms with Crippen LogP contribution in [0, 0.1) is 6.92 Å². The average molecular weight is 453 g/mol. The molecule has 0 saturated heterocycles. The molecule has 168 valence electrons. The number of aromatic nitrogens is 2. The zero-order chi connectivity index (χ0) is 22.8. The normalized spacial score (nSPS) is 14.4. The molecule has 1 saturated carbocycles. The van der Waals surface area contributed by atoms with Gasteiger partial charge in [-0.3, -0.25) is 4.79 Å². The van der Waals surface area contributed by atoms with Crippen molar-refractivity contribution >= 4 is 17.5 Å². The van der Waals surface area contributed by atoms with Crippen molar-refractivity contribution in [2.24, 2.45) is 0 Å². The van der Waals surface area contributed by atoms with Crippen LogP contribution in [0.5, 0.6) is 5.75 Å². The highest BCUT2D eigenvalue weighted by Gasteiger charge is 2.33. The molecule has 6 nitrogen and oxygen atoms in total. The number of aryl methyl sites for hydroxylation is 1. The van der Waals surface area contributed by atoms with Gasteiger partial charge >= 0.3 is 0 Å². The maximum atomic E-state index is 13.2. The molecular weight excluding hydrogens is 424 g/mol. The van der Waals surface area contributed by atoms with E-state index in [1.165, 1.54) is 0 Å². The van der Waals surface area contributed by atoms with Crippen molar-refractivity contribution in [3.63, 3.8) is 0 Å². The summed E-state index contributed by atoms with van der Waals surface area (Å²) in [5.74, 6) is 1.06. The first-order valence-electron chi connectivity index (χ1n) is 10.8. The van der Waals surface area contributed by atoms with Crippen LogP contribution in [0.4, 0.5) is 0 Å². The van der Waals surface area contributed by atoms with Gasteiger partial charge in [-0.25, -0.2) is 4.68 Å². The average Bonchev–Trinajstić information content (AvgIpc) is 3.53. The monoisotopic (exact) mass is 452 g/mol. The van der Waals surface area contributed by atoms with Crippen LogP contribution in [0.1, 0.15) is 52.0 Å². The van der Waals surface area contributed by atoms with Crippen LogP contribution in [-0.4, -0.2) is 48.3 Å². The Hall–Kier alpha value is -2.83. The van der Waals surface area contributed by atoms with Crippen molar-refractivity contribution in [2.45, 2.75) is 31.7 Å². The Morgan fingerprint density at radius 2 is 1.97 bits per heavy atom. The third-order valence-corrected chi connectivity index (χ3v) is 6.40. The summed E-state index contributed by atoms with van der Waals surface area (Å²) in [5, 5.41) is 8.37. The first-order chi connectivity index (χ1) is 15.4. The van der Waals surface area contributed by atoms with Crippen LogP contribution in [-0.2, 0) is 0 Å². The molecule has 0 radical (unpaired) electrons. The zero-order valence-corrected chi connectivity index (χ0v) is 19.7. The first kappa shape index (κ1) is 22.4. The number of likely N-dealkylation sites (N-methyl/N-ethyl adjacent to an activating group) is 1. The maximum absolute atomic E-state index is 13.2. The number of hydrogen-bond acceptors (Lipinski definition) is 4. The molecule has 0 bridgehead atoms. The lowest BCUT2D eigenvalue weighted by atomic mass is 10.1. The molecule has 1 fully saturated rings. The van der Waals surface area contributed by atoms with Crippen molar-refractivity contribution in [1.82, 2.24) is 20.0 Å².